The largest absolute Gasteiger partial charge is 0.384 e. The highest BCUT2D eigenvalue weighted by Gasteiger charge is 2.39. The second-order valence-electron chi connectivity index (χ2n) is 4.88. The van der Waals surface area contributed by atoms with Crippen molar-refractivity contribution in [1.29, 1.82) is 0 Å². The third-order valence-electron chi connectivity index (χ3n) is 4.01. The molecule has 0 amide bonds. The van der Waals surface area contributed by atoms with Crippen molar-refractivity contribution < 1.29 is 0 Å². The molecule has 0 bridgehead atoms. The molecule has 3 rings (SSSR count). The lowest BCUT2D eigenvalue weighted by atomic mass is 9.74. The topological polar surface area (TPSA) is 24.1 Å². The lowest BCUT2D eigenvalue weighted by Gasteiger charge is -2.33. The molecule has 2 aliphatic heterocycles. The quantitative estimate of drug-likeness (QED) is 0.672. The number of anilines is 1. The average Bonchev–Trinajstić information content (AvgIpc) is 2.61. The summed E-state index contributed by atoms with van der Waals surface area (Å²) in [6.07, 6.45) is 2.55. The minimum atomic E-state index is 0.423. The first kappa shape index (κ1) is 9.22. The zero-order chi connectivity index (χ0) is 10.3. The molecule has 2 heterocycles. The molecule has 0 radical (unpaired) electrons. The van der Waals surface area contributed by atoms with E-state index in [1.54, 1.807) is 5.56 Å². The van der Waals surface area contributed by atoms with Gasteiger partial charge in [-0.3, -0.25) is 0 Å². The minimum absolute atomic E-state index is 0.423. The van der Waals surface area contributed by atoms with Crippen LogP contribution in [-0.4, -0.2) is 19.6 Å². The first-order valence-electron chi connectivity index (χ1n) is 5.87. The number of nitrogens with one attached hydrogen (secondary N) is 2. The van der Waals surface area contributed by atoms with Gasteiger partial charge in [-0.2, -0.15) is 0 Å². The third kappa shape index (κ3) is 1.28. The Balaban J connectivity index is 2.06. The van der Waals surface area contributed by atoms with E-state index < -0.39 is 0 Å². The van der Waals surface area contributed by atoms with Gasteiger partial charge in [-0.15, -0.1) is 0 Å². The molecule has 1 saturated heterocycles. The van der Waals surface area contributed by atoms with E-state index in [2.05, 4.69) is 35.8 Å². The molecule has 2 N–H and O–H groups in total. The summed E-state index contributed by atoms with van der Waals surface area (Å²) in [4.78, 5) is 0. The van der Waals surface area contributed by atoms with Crippen molar-refractivity contribution in [2.24, 2.45) is 0 Å². The number of hydrogen-bond donors (Lipinski definition) is 2. The van der Waals surface area contributed by atoms with Crippen LogP contribution in [0.5, 0.6) is 0 Å². The summed E-state index contributed by atoms with van der Waals surface area (Å²) in [7, 11) is 0. The summed E-state index contributed by atoms with van der Waals surface area (Å²) in [5.41, 5.74) is 4.78. The first-order chi connectivity index (χ1) is 7.32. The van der Waals surface area contributed by atoms with Gasteiger partial charge in [-0.1, -0.05) is 18.2 Å². The second-order valence-corrected chi connectivity index (χ2v) is 4.88. The maximum Gasteiger partial charge on any atom is 0.0409 e. The molecule has 1 spiro atoms. The minimum Gasteiger partial charge on any atom is -0.384 e. The van der Waals surface area contributed by atoms with Crippen molar-refractivity contribution in [3.63, 3.8) is 0 Å². The number of rotatable bonds is 0. The van der Waals surface area contributed by atoms with E-state index >= 15 is 0 Å². The van der Waals surface area contributed by atoms with Gasteiger partial charge < -0.3 is 10.6 Å². The van der Waals surface area contributed by atoms with Crippen LogP contribution in [0.25, 0.3) is 0 Å². The van der Waals surface area contributed by atoms with Gasteiger partial charge in [0.15, 0.2) is 0 Å². The van der Waals surface area contributed by atoms with Gasteiger partial charge >= 0.3 is 0 Å². The molecule has 2 heteroatoms. The molecule has 1 fully saturated rings. The summed E-state index contributed by atoms with van der Waals surface area (Å²) in [5.74, 6) is 0. The number of hydrogen-bond acceptors (Lipinski definition) is 2. The number of fused-ring (bicyclic) bond motifs is 2. The lowest BCUT2D eigenvalue weighted by molar-refractivity contribution is 0.335. The summed E-state index contributed by atoms with van der Waals surface area (Å²) in [5, 5.41) is 7.05. The van der Waals surface area contributed by atoms with E-state index in [1.165, 1.54) is 24.1 Å². The standard InChI is InChI=1S/C13H18N2/c1-10-3-2-4-11-12(10)15-9-13(11)5-7-14-8-6-13/h2-4,14-15H,5-9H2,1H3. The van der Waals surface area contributed by atoms with Crippen LogP contribution in [0.2, 0.25) is 0 Å². The predicted molar refractivity (Wildman–Crippen MR) is 63.5 cm³/mol. The molecule has 1 aromatic rings. The van der Waals surface area contributed by atoms with Crippen LogP contribution in [0.4, 0.5) is 5.69 Å². The van der Waals surface area contributed by atoms with E-state index in [9.17, 15) is 0 Å². The summed E-state index contributed by atoms with van der Waals surface area (Å²) >= 11 is 0. The highest BCUT2D eigenvalue weighted by atomic mass is 15.0. The summed E-state index contributed by atoms with van der Waals surface area (Å²) in [6.45, 7) is 5.66. The Bertz CT molecular complexity index is 378. The predicted octanol–water partition coefficient (Wildman–Crippen LogP) is 2.04. The van der Waals surface area contributed by atoms with Gasteiger partial charge in [0.25, 0.3) is 0 Å². The van der Waals surface area contributed by atoms with Gasteiger partial charge in [0.05, 0.1) is 0 Å². The Labute approximate surface area is 91.1 Å². The Hall–Kier alpha value is -1.02. The van der Waals surface area contributed by atoms with Crippen molar-refractivity contribution in [3.8, 4) is 0 Å². The van der Waals surface area contributed by atoms with Crippen LogP contribution in [-0.2, 0) is 5.41 Å². The number of aryl methyl sites for hydroxylation is 1. The van der Waals surface area contributed by atoms with E-state index in [-0.39, 0.29) is 0 Å². The summed E-state index contributed by atoms with van der Waals surface area (Å²) < 4.78 is 0. The van der Waals surface area contributed by atoms with Crippen molar-refractivity contribution in [2.45, 2.75) is 25.2 Å². The van der Waals surface area contributed by atoms with Crippen molar-refractivity contribution >= 4 is 5.69 Å². The van der Waals surface area contributed by atoms with E-state index in [0.717, 1.165) is 19.6 Å². The molecule has 2 nitrogen and oxygen atoms in total. The molecule has 0 saturated carbocycles. The third-order valence-corrected chi connectivity index (χ3v) is 4.01. The molecular formula is C13H18N2. The molecular weight excluding hydrogens is 184 g/mol. The van der Waals surface area contributed by atoms with E-state index in [1.807, 2.05) is 0 Å². The number of piperidine rings is 1. The zero-order valence-corrected chi connectivity index (χ0v) is 9.27. The molecule has 0 aromatic heterocycles. The van der Waals surface area contributed by atoms with E-state index in [4.69, 9.17) is 0 Å². The fraction of sp³-hybridized carbons (Fsp3) is 0.538. The Morgan fingerprint density at radius 3 is 2.80 bits per heavy atom. The lowest BCUT2D eigenvalue weighted by Crippen LogP contribution is -2.41. The Morgan fingerprint density at radius 1 is 1.20 bits per heavy atom. The maximum atomic E-state index is 3.60. The molecule has 0 unspecified atom stereocenters. The Kier molecular flexibility index (Phi) is 1.99. The zero-order valence-electron chi connectivity index (χ0n) is 9.27. The second kappa shape index (κ2) is 3.24. The Morgan fingerprint density at radius 2 is 2.00 bits per heavy atom. The smallest absolute Gasteiger partial charge is 0.0409 e. The van der Waals surface area contributed by atoms with Gasteiger partial charge in [-0.25, -0.2) is 0 Å². The normalized spacial score (nSPS) is 22.5. The first-order valence-corrected chi connectivity index (χ1v) is 5.87. The monoisotopic (exact) mass is 202 g/mol. The fourth-order valence-corrected chi connectivity index (χ4v) is 3.05. The highest BCUT2D eigenvalue weighted by Crippen LogP contribution is 2.43. The molecule has 80 valence electrons. The summed E-state index contributed by atoms with van der Waals surface area (Å²) in [6, 6.07) is 6.71. The van der Waals surface area contributed by atoms with Gasteiger partial charge in [0.2, 0.25) is 0 Å². The van der Waals surface area contributed by atoms with Crippen molar-refractivity contribution in [3.05, 3.63) is 29.3 Å². The van der Waals surface area contributed by atoms with Gasteiger partial charge in [0, 0.05) is 17.6 Å². The van der Waals surface area contributed by atoms with Crippen molar-refractivity contribution in [2.75, 3.05) is 25.0 Å². The van der Waals surface area contributed by atoms with Crippen LogP contribution < -0.4 is 10.6 Å². The van der Waals surface area contributed by atoms with Crippen LogP contribution in [0.1, 0.15) is 24.0 Å². The SMILES string of the molecule is Cc1cccc2c1NCC21CCNCC1. The molecule has 0 aliphatic carbocycles. The van der Waals surface area contributed by atoms with E-state index in [0.29, 0.717) is 5.41 Å². The maximum absolute atomic E-state index is 3.60. The van der Waals surface area contributed by atoms with Gasteiger partial charge in [0.1, 0.15) is 0 Å². The van der Waals surface area contributed by atoms with Crippen LogP contribution >= 0.6 is 0 Å². The molecule has 15 heavy (non-hydrogen) atoms. The van der Waals surface area contributed by atoms with Crippen LogP contribution in [0, 0.1) is 6.92 Å². The van der Waals surface area contributed by atoms with Crippen LogP contribution in [0.3, 0.4) is 0 Å². The molecule has 1 aromatic carbocycles. The molecule has 0 atom stereocenters. The van der Waals surface area contributed by atoms with Crippen LogP contribution in [0.15, 0.2) is 18.2 Å². The van der Waals surface area contributed by atoms with Gasteiger partial charge in [-0.05, 0) is 44.0 Å². The van der Waals surface area contributed by atoms with Crippen molar-refractivity contribution in [1.82, 2.24) is 5.32 Å². The average molecular weight is 202 g/mol. The fourth-order valence-electron chi connectivity index (χ4n) is 3.05. The molecule has 2 aliphatic rings. The number of para-hydroxylation sites is 1. The number of benzene rings is 1. The highest BCUT2D eigenvalue weighted by molar-refractivity contribution is 5.65.